The molecule has 26 heavy (non-hydrogen) atoms. The van der Waals surface area contributed by atoms with Gasteiger partial charge in [0.1, 0.15) is 12.6 Å². The molecule has 1 aromatic carbocycles. The maximum Gasteiger partial charge on any atom is 0.407 e. The van der Waals surface area contributed by atoms with Crippen molar-refractivity contribution < 1.29 is 19.4 Å². The summed E-state index contributed by atoms with van der Waals surface area (Å²) < 4.78 is 6.84. The molecule has 1 aromatic heterocycles. The first-order chi connectivity index (χ1) is 12.5. The number of alkyl carbamates (subject to hydrolysis) is 1. The Labute approximate surface area is 151 Å². The molecule has 2 atom stereocenters. The lowest BCUT2D eigenvalue weighted by Crippen LogP contribution is -2.46. The van der Waals surface area contributed by atoms with E-state index >= 15 is 0 Å². The number of carboxylic acid groups (broad SMARTS) is 1. The van der Waals surface area contributed by atoms with E-state index in [1.54, 1.807) is 24.1 Å². The number of benzene rings is 1. The molecule has 0 saturated carbocycles. The fourth-order valence-corrected chi connectivity index (χ4v) is 3.23. The van der Waals surface area contributed by atoms with Crippen LogP contribution in [0.5, 0.6) is 0 Å². The third-order valence-corrected chi connectivity index (χ3v) is 4.47. The zero-order valence-corrected chi connectivity index (χ0v) is 14.5. The molecule has 8 nitrogen and oxygen atoms in total. The summed E-state index contributed by atoms with van der Waals surface area (Å²) in [5.41, 5.74) is 1.65. The maximum atomic E-state index is 12.0. The summed E-state index contributed by atoms with van der Waals surface area (Å²) >= 11 is 0. The average Bonchev–Trinajstić information content (AvgIpc) is 3.24. The van der Waals surface area contributed by atoms with Gasteiger partial charge in [0.05, 0.1) is 11.9 Å². The highest BCUT2D eigenvalue weighted by Gasteiger charge is 2.38. The van der Waals surface area contributed by atoms with Crippen LogP contribution in [0.4, 0.5) is 10.5 Å². The van der Waals surface area contributed by atoms with Gasteiger partial charge in [-0.3, -0.25) is 4.68 Å². The van der Waals surface area contributed by atoms with E-state index in [1.807, 2.05) is 35.2 Å². The first-order valence-corrected chi connectivity index (χ1v) is 8.49. The largest absolute Gasteiger partial charge is 0.480 e. The summed E-state index contributed by atoms with van der Waals surface area (Å²) in [4.78, 5) is 25.3. The smallest absolute Gasteiger partial charge is 0.407 e. The summed E-state index contributed by atoms with van der Waals surface area (Å²) in [7, 11) is 1.78. The fourth-order valence-electron chi connectivity index (χ4n) is 3.23. The van der Waals surface area contributed by atoms with E-state index in [-0.39, 0.29) is 12.6 Å². The lowest BCUT2D eigenvalue weighted by Gasteiger charge is -2.29. The number of amides is 1. The lowest BCUT2D eigenvalue weighted by molar-refractivity contribution is -0.138. The van der Waals surface area contributed by atoms with E-state index in [0.717, 1.165) is 11.3 Å². The van der Waals surface area contributed by atoms with Crippen molar-refractivity contribution >= 4 is 17.7 Å². The third-order valence-electron chi connectivity index (χ3n) is 4.47. The van der Waals surface area contributed by atoms with Gasteiger partial charge in [-0.25, -0.2) is 9.59 Å². The van der Waals surface area contributed by atoms with Crippen LogP contribution in [0.1, 0.15) is 18.4 Å². The van der Waals surface area contributed by atoms with Crippen molar-refractivity contribution in [1.82, 2.24) is 15.1 Å². The Morgan fingerprint density at radius 3 is 2.73 bits per heavy atom. The molecule has 1 saturated heterocycles. The number of hydrogen-bond donors (Lipinski definition) is 2. The molecule has 0 aliphatic carbocycles. The molecule has 0 unspecified atom stereocenters. The van der Waals surface area contributed by atoms with Crippen LogP contribution < -0.4 is 10.2 Å². The number of anilines is 1. The molecule has 0 spiro atoms. The van der Waals surface area contributed by atoms with Crippen molar-refractivity contribution in [3.05, 3.63) is 48.3 Å². The van der Waals surface area contributed by atoms with Crippen LogP contribution >= 0.6 is 0 Å². The summed E-state index contributed by atoms with van der Waals surface area (Å²) in [6, 6.07) is 8.68. The predicted molar refractivity (Wildman–Crippen MR) is 94.8 cm³/mol. The van der Waals surface area contributed by atoms with Crippen molar-refractivity contribution in [1.29, 1.82) is 0 Å². The molecular formula is C18H22N4O4. The van der Waals surface area contributed by atoms with Gasteiger partial charge in [0, 0.05) is 25.8 Å². The Morgan fingerprint density at radius 2 is 2.08 bits per heavy atom. The van der Waals surface area contributed by atoms with Crippen LogP contribution in [-0.2, 0) is 23.2 Å². The molecule has 2 N–H and O–H groups in total. The minimum Gasteiger partial charge on any atom is -0.480 e. The number of aliphatic carboxylic acids is 1. The second-order valence-electron chi connectivity index (χ2n) is 6.31. The standard InChI is InChI=1S/C18H22N4O4/c1-21-11-15(10-20-21)22-14(7-8-16(22)17(23)24)9-19-18(25)26-12-13-5-3-2-4-6-13/h2-6,10-11,14,16H,7-9,12H2,1H3,(H,19,25)(H,23,24)/t14-,16-/m1/s1. The summed E-state index contributed by atoms with van der Waals surface area (Å²) in [5, 5.41) is 16.3. The SMILES string of the molecule is Cn1cc(N2[C@@H](CNC(=O)OCc3ccccc3)CC[C@@H]2C(=O)O)cn1. The highest BCUT2D eigenvalue weighted by molar-refractivity contribution is 5.79. The minimum atomic E-state index is -0.872. The quantitative estimate of drug-likeness (QED) is 0.817. The number of aromatic nitrogens is 2. The van der Waals surface area contributed by atoms with Gasteiger partial charge in [0.15, 0.2) is 0 Å². The number of carboxylic acids is 1. The van der Waals surface area contributed by atoms with Crippen LogP contribution in [0.15, 0.2) is 42.7 Å². The average molecular weight is 358 g/mol. The predicted octanol–water partition coefficient (Wildman–Crippen LogP) is 1.77. The summed E-state index contributed by atoms with van der Waals surface area (Å²) in [6.07, 6.45) is 4.10. The second kappa shape index (κ2) is 7.90. The Bertz CT molecular complexity index is 762. The number of ether oxygens (including phenoxy) is 1. The highest BCUT2D eigenvalue weighted by atomic mass is 16.5. The third kappa shape index (κ3) is 4.14. The van der Waals surface area contributed by atoms with E-state index in [9.17, 15) is 14.7 Å². The van der Waals surface area contributed by atoms with E-state index in [0.29, 0.717) is 19.4 Å². The van der Waals surface area contributed by atoms with Crippen molar-refractivity contribution in [2.75, 3.05) is 11.4 Å². The molecule has 1 fully saturated rings. The van der Waals surface area contributed by atoms with Gasteiger partial charge < -0.3 is 20.1 Å². The number of aryl methyl sites for hydroxylation is 1. The Morgan fingerprint density at radius 1 is 1.31 bits per heavy atom. The molecule has 2 heterocycles. The monoisotopic (exact) mass is 358 g/mol. The molecule has 138 valence electrons. The highest BCUT2D eigenvalue weighted by Crippen LogP contribution is 2.30. The van der Waals surface area contributed by atoms with Crippen molar-refractivity contribution in [2.45, 2.75) is 31.5 Å². The summed E-state index contributed by atoms with van der Waals surface area (Å²) in [5.74, 6) is -0.872. The van der Waals surface area contributed by atoms with Gasteiger partial charge in [-0.15, -0.1) is 0 Å². The van der Waals surface area contributed by atoms with Gasteiger partial charge in [-0.2, -0.15) is 5.10 Å². The first kappa shape index (κ1) is 17.8. The lowest BCUT2D eigenvalue weighted by atomic mass is 10.2. The molecule has 1 aliphatic rings. The van der Waals surface area contributed by atoms with Gasteiger partial charge >= 0.3 is 12.1 Å². The minimum absolute atomic E-state index is 0.121. The van der Waals surface area contributed by atoms with Crippen molar-refractivity contribution in [3.63, 3.8) is 0 Å². The van der Waals surface area contributed by atoms with Crippen LogP contribution in [0.2, 0.25) is 0 Å². The topological polar surface area (TPSA) is 96.7 Å². The Kier molecular flexibility index (Phi) is 5.40. The van der Waals surface area contributed by atoms with Crippen LogP contribution in [0, 0.1) is 0 Å². The summed E-state index contributed by atoms with van der Waals surface area (Å²) in [6.45, 7) is 0.508. The molecule has 1 amide bonds. The fraction of sp³-hybridized carbons (Fsp3) is 0.389. The van der Waals surface area contributed by atoms with E-state index in [1.165, 1.54) is 0 Å². The van der Waals surface area contributed by atoms with Crippen molar-refractivity contribution in [2.24, 2.45) is 7.05 Å². The van der Waals surface area contributed by atoms with Gasteiger partial charge in [0.2, 0.25) is 0 Å². The molecule has 1 aliphatic heterocycles. The molecular weight excluding hydrogens is 336 g/mol. The second-order valence-corrected chi connectivity index (χ2v) is 6.31. The van der Waals surface area contributed by atoms with Crippen LogP contribution in [0.25, 0.3) is 0 Å². The zero-order valence-electron chi connectivity index (χ0n) is 14.5. The van der Waals surface area contributed by atoms with Gasteiger partial charge in [0.25, 0.3) is 0 Å². The number of rotatable bonds is 6. The number of carbonyl (C=O) groups is 2. The number of carbonyl (C=O) groups excluding carboxylic acids is 1. The van der Waals surface area contributed by atoms with Crippen LogP contribution in [0.3, 0.4) is 0 Å². The maximum absolute atomic E-state index is 12.0. The van der Waals surface area contributed by atoms with E-state index in [4.69, 9.17) is 4.74 Å². The van der Waals surface area contributed by atoms with E-state index < -0.39 is 18.1 Å². The van der Waals surface area contributed by atoms with E-state index in [2.05, 4.69) is 10.4 Å². The molecule has 8 heteroatoms. The molecule has 3 rings (SSSR count). The Balaban J connectivity index is 1.57. The molecule has 2 aromatic rings. The zero-order chi connectivity index (χ0) is 18.5. The van der Waals surface area contributed by atoms with Crippen molar-refractivity contribution in [3.8, 4) is 0 Å². The number of nitrogens with one attached hydrogen (secondary N) is 1. The van der Waals surface area contributed by atoms with Crippen LogP contribution in [-0.4, -0.2) is 45.6 Å². The van der Waals surface area contributed by atoms with Gasteiger partial charge in [-0.1, -0.05) is 30.3 Å². The van der Waals surface area contributed by atoms with Gasteiger partial charge in [-0.05, 0) is 18.4 Å². The first-order valence-electron chi connectivity index (χ1n) is 8.49. The Hall–Kier alpha value is -3.03. The number of nitrogens with zero attached hydrogens (tertiary/aromatic N) is 3. The molecule has 0 bridgehead atoms. The normalized spacial score (nSPS) is 19.3. The molecule has 0 radical (unpaired) electrons. The number of hydrogen-bond acceptors (Lipinski definition) is 5.